The van der Waals surface area contributed by atoms with E-state index in [-0.39, 0.29) is 5.91 Å². The average Bonchev–Trinajstić information content (AvgIpc) is 2.28. The second-order valence-electron chi connectivity index (χ2n) is 4.22. The molecule has 3 N–H and O–H groups in total. The van der Waals surface area contributed by atoms with Crippen molar-refractivity contribution in [1.29, 1.82) is 0 Å². The zero-order valence-corrected chi connectivity index (χ0v) is 11.9. The molecule has 0 saturated heterocycles. The Morgan fingerprint density at radius 1 is 1.16 bits per heavy atom. The number of carbonyl (C=O) groups excluding carboxylic acids is 1. The minimum atomic E-state index is -3.12. The first kappa shape index (κ1) is 15.6. The highest BCUT2D eigenvalue weighted by atomic mass is 32.2. The van der Waals surface area contributed by atoms with Gasteiger partial charge in [-0.15, -0.1) is 0 Å². The number of carbonyl (C=O) groups is 1. The van der Waals surface area contributed by atoms with E-state index < -0.39 is 10.0 Å². The minimum Gasteiger partial charge on any atom is -0.326 e. The summed E-state index contributed by atoms with van der Waals surface area (Å²) < 4.78 is 24.0. The van der Waals surface area contributed by atoms with Crippen LogP contribution in [0.1, 0.15) is 12.5 Å². The standard InChI is InChI=1S/C12H19N3O3S/c1-10(16)15-12-5-3-11(4-6-12)9-13-7-8-14-19(2,17)18/h3-6,13-14H,7-9H2,1-2H3,(H,15,16). The van der Waals surface area contributed by atoms with Crippen LogP contribution in [0.5, 0.6) is 0 Å². The van der Waals surface area contributed by atoms with E-state index >= 15 is 0 Å². The normalized spacial score (nSPS) is 11.3. The SMILES string of the molecule is CC(=O)Nc1ccc(CNCCNS(C)(=O)=O)cc1. The lowest BCUT2D eigenvalue weighted by Crippen LogP contribution is -2.30. The fourth-order valence-corrected chi connectivity index (χ4v) is 1.94. The Bertz CT molecular complexity index is 512. The molecular weight excluding hydrogens is 266 g/mol. The Balaban J connectivity index is 2.28. The van der Waals surface area contributed by atoms with Crippen LogP contribution in [-0.2, 0) is 21.4 Å². The highest BCUT2D eigenvalue weighted by Gasteiger charge is 1.99. The van der Waals surface area contributed by atoms with Crippen LogP contribution in [0.25, 0.3) is 0 Å². The number of benzene rings is 1. The van der Waals surface area contributed by atoms with E-state index in [2.05, 4.69) is 15.4 Å². The predicted octanol–water partition coefficient (Wildman–Crippen LogP) is 0.284. The Morgan fingerprint density at radius 2 is 1.79 bits per heavy atom. The number of hydrogen-bond acceptors (Lipinski definition) is 4. The van der Waals surface area contributed by atoms with Crippen LogP contribution in [0.3, 0.4) is 0 Å². The summed E-state index contributed by atoms with van der Waals surface area (Å²) in [5.74, 6) is -0.0993. The third-order valence-electron chi connectivity index (χ3n) is 2.27. The summed E-state index contributed by atoms with van der Waals surface area (Å²) in [6.45, 7) is 3.03. The molecule has 0 bridgehead atoms. The molecule has 0 fully saturated rings. The molecule has 1 amide bonds. The second-order valence-corrected chi connectivity index (χ2v) is 6.05. The zero-order valence-electron chi connectivity index (χ0n) is 11.1. The topological polar surface area (TPSA) is 87.3 Å². The summed E-state index contributed by atoms with van der Waals surface area (Å²) in [4.78, 5) is 10.8. The summed E-state index contributed by atoms with van der Waals surface area (Å²) >= 11 is 0. The van der Waals surface area contributed by atoms with Gasteiger partial charge in [-0.1, -0.05) is 12.1 Å². The Labute approximate surface area is 113 Å². The maximum absolute atomic E-state index is 10.8. The van der Waals surface area contributed by atoms with Crippen LogP contribution < -0.4 is 15.4 Å². The first-order chi connectivity index (χ1) is 8.87. The smallest absolute Gasteiger partial charge is 0.221 e. The summed E-state index contributed by atoms with van der Waals surface area (Å²) in [5.41, 5.74) is 1.82. The lowest BCUT2D eigenvalue weighted by Gasteiger charge is -2.07. The molecule has 0 aliphatic rings. The number of rotatable bonds is 7. The van der Waals surface area contributed by atoms with E-state index in [1.165, 1.54) is 6.92 Å². The predicted molar refractivity (Wildman–Crippen MR) is 75.3 cm³/mol. The lowest BCUT2D eigenvalue weighted by molar-refractivity contribution is -0.114. The van der Waals surface area contributed by atoms with Crippen molar-refractivity contribution in [3.8, 4) is 0 Å². The molecule has 19 heavy (non-hydrogen) atoms. The van der Waals surface area contributed by atoms with Gasteiger partial charge in [-0.3, -0.25) is 4.79 Å². The molecule has 0 aromatic heterocycles. The van der Waals surface area contributed by atoms with E-state index in [1.807, 2.05) is 24.3 Å². The van der Waals surface area contributed by atoms with Crippen molar-refractivity contribution >= 4 is 21.6 Å². The number of hydrogen-bond donors (Lipinski definition) is 3. The molecule has 6 nitrogen and oxygen atoms in total. The number of anilines is 1. The van der Waals surface area contributed by atoms with Crippen LogP contribution in [0.15, 0.2) is 24.3 Å². The van der Waals surface area contributed by atoms with E-state index in [0.717, 1.165) is 17.5 Å². The molecule has 106 valence electrons. The maximum Gasteiger partial charge on any atom is 0.221 e. The molecule has 0 heterocycles. The Hall–Kier alpha value is -1.44. The molecule has 1 aromatic carbocycles. The van der Waals surface area contributed by atoms with Crippen LogP contribution in [0.2, 0.25) is 0 Å². The number of amides is 1. The first-order valence-electron chi connectivity index (χ1n) is 5.89. The van der Waals surface area contributed by atoms with Gasteiger partial charge in [0.05, 0.1) is 6.26 Å². The number of sulfonamides is 1. The summed E-state index contributed by atoms with van der Waals surface area (Å²) in [5, 5.41) is 5.81. The van der Waals surface area contributed by atoms with Crippen molar-refractivity contribution in [2.75, 3.05) is 24.7 Å². The highest BCUT2D eigenvalue weighted by Crippen LogP contribution is 2.08. The largest absolute Gasteiger partial charge is 0.326 e. The van der Waals surface area contributed by atoms with Gasteiger partial charge in [0.15, 0.2) is 0 Å². The lowest BCUT2D eigenvalue weighted by atomic mass is 10.2. The summed E-state index contributed by atoms with van der Waals surface area (Å²) in [6.07, 6.45) is 1.13. The van der Waals surface area contributed by atoms with E-state index in [9.17, 15) is 13.2 Å². The molecular formula is C12H19N3O3S. The fourth-order valence-electron chi connectivity index (χ4n) is 1.47. The Kier molecular flexibility index (Phi) is 5.94. The van der Waals surface area contributed by atoms with Gasteiger partial charge in [0.25, 0.3) is 0 Å². The van der Waals surface area contributed by atoms with Crippen LogP contribution in [0.4, 0.5) is 5.69 Å². The third kappa shape index (κ3) is 7.55. The van der Waals surface area contributed by atoms with Gasteiger partial charge in [0.1, 0.15) is 0 Å². The molecule has 0 aliphatic heterocycles. The average molecular weight is 285 g/mol. The molecule has 0 atom stereocenters. The minimum absolute atomic E-state index is 0.0993. The molecule has 1 rings (SSSR count). The van der Waals surface area contributed by atoms with Gasteiger partial charge in [0, 0.05) is 32.2 Å². The molecule has 0 unspecified atom stereocenters. The quantitative estimate of drug-likeness (QED) is 0.628. The van der Waals surface area contributed by atoms with Gasteiger partial charge in [0.2, 0.25) is 15.9 Å². The van der Waals surface area contributed by atoms with Gasteiger partial charge in [-0.2, -0.15) is 0 Å². The monoisotopic (exact) mass is 285 g/mol. The molecule has 1 aromatic rings. The second kappa shape index (κ2) is 7.22. The van der Waals surface area contributed by atoms with Crippen molar-refractivity contribution in [2.45, 2.75) is 13.5 Å². The molecule has 0 saturated carbocycles. The maximum atomic E-state index is 10.8. The van der Waals surface area contributed by atoms with Crippen molar-refractivity contribution in [2.24, 2.45) is 0 Å². The molecule has 0 radical (unpaired) electrons. The van der Waals surface area contributed by atoms with Gasteiger partial charge < -0.3 is 10.6 Å². The van der Waals surface area contributed by atoms with Crippen molar-refractivity contribution < 1.29 is 13.2 Å². The number of nitrogens with one attached hydrogen (secondary N) is 3. The van der Waals surface area contributed by atoms with Gasteiger partial charge in [-0.05, 0) is 17.7 Å². The van der Waals surface area contributed by atoms with Crippen LogP contribution >= 0.6 is 0 Å². The zero-order chi connectivity index (χ0) is 14.3. The van der Waals surface area contributed by atoms with Crippen LogP contribution in [-0.4, -0.2) is 33.7 Å². The Morgan fingerprint density at radius 3 is 2.32 bits per heavy atom. The van der Waals surface area contributed by atoms with Crippen molar-refractivity contribution in [3.05, 3.63) is 29.8 Å². The van der Waals surface area contributed by atoms with Crippen molar-refractivity contribution in [3.63, 3.8) is 0 Å². The molecule has 0 aliphatic carbocycles. The molecule has 7 heteroatoms. The summed E-state index contributed by atoms with van der Waals surface area (Å²) in [6, 6.07) is 7.46. The van der Waals surface area contributed by atoms with Gasteiger partial charge >= 0.3 is 0 Å². The highest BCUT2D eigenvalue weighted by molar-refractivity contribution is 7.88. The van der Waals surface area contributed by atoms with Gasteiger partial charge in [-0.25, -0.2) is 13.1 Å². The van der Waals surface area contributed by atoms with Crippen LogP contribution in [0, 0.1) is 0 Å². The first-order valence-corrected chi connectivity index (χ1v) is 7.78. The van der Waals surface area contributed by atoms with Crippen molar-refractivity contribution in [1.82, 2.24) is 10.0 Å². The molecule has 0 spiro atoms. The van der Waals surface area contributed by atoms with E-state index in [4.69, 9.17) is 0 Å². The van der Waals surface area contributed by atoms with E-state index in [1.54, 1.807) is 0 Å². The third-order valence-corrected chi connectivity index (χ3v) is 3.00. The fraction of sp³-hybridized carbons (Fsp3) is 0.417. The summed E-state index contributed by atoms with van der Waals surface area (Å²) in [7, 11) is -3.12. The van der Waals surface area contributed by atoms with E-state index in [0.29, 0.717) is 19.6 Å².